The first kappa shape index (κ1) is 20.0. The molecule has 0 bridgehead atoms. The summed E-state index contributed by atoms with van der Waals surface area (Å²) in [7, 11) is 0. The molecule has 0 radical (unpaired) electrons. The Hall–Kier alpha value is -2.28. The molecule has 29 heavy (non-hydrogen) atoms. The minimum Gasteiger partial charge on any atom is -0.494 e. The molecule has 0 atom stereocenters. The summed E-state index contributed by atoms with van der Waals surface area (Å²) in [5.41, 5.74) is 3.08. The smallest absolute Gasteiger partial charge is 0.260 e. The molecule has 4 nitrogen and oxygen atoms in total. The van der Waals surface area contributed by atoms with Crippen LogP contribution in [-0.2, 0) is 0 Å². The Labute approximate surface area is 181 Å². The average molecular weight is 443 g/mol. The van der Waals surface area contributed by atoms with Crippen molar-refractivity contribution in [2.24, 2.45) is 0 Å². The van der Waals surface area contributed by atoms with E-state index in [-0.39, 0.29) is 5.56 Å². The van der Waals surface area contributed by atoms with E-state index in [9.17, 15) is 4.79 Å². The van der Waals surface area contributed by atoms with Crippen LogP contribution in [0.25, 0.3) is 21.3 Å². The standard InChI is InChI=1S/C22H19ClN2O2S2/c1-14-3-5-15(6-4-14)18-13-29-21-19(18)20(26)24-22(25-21)28-12-2-11-27-17-9-7-16(23)8-10-17/h3-10,13H,2,11-12H2,1H3,(H,24,25,26). The molecule has 2 heterocycles. The zero-order valence-electron chi connectivity index (χ0n) is 15.8. The van der Waals surface area contributed by atoms with Gasteiger partial charge in [-0.25, -0.2) is 4.98 Å². The van der Waals surface area contributed by atoms with E-state index in [4.69, 9.17) is 16.3 Å². The molecule has 0 unspecified atom stereocenters. The molecular formula is C22H19ClN2O2S2. The third-order valence-corrected chi connectivity index (χ3v) is 6.48. The minimum atomic E-state index is -0.0910. The number of aromatic amines is 1. The maximum atomic E-state index is 12.7. The summed E-state index contributed by atoms with van der Waals surface area (Å²) in [6.45, 7) is 2.64. The van der Waals surface area contributed by atoms with Gasteiger partial charge in [-0.05, 0) is 43.2 Å². The Kier molecular flexibility index (Phi) is 6.23. The highest BCUT2D eigenvalue weighted by Gasteiger charge is 2.13. The molecule has 4 rings (SSSR count). The molecule has 0 saturated carbocycles. The summed E-state index contributed by atoms with van der Waals surface area (Å²) in [6, 6.07) is 15.5. The predicted molar refractivity (Wildman–Crippen MR) is 123 cm³/mol. The van der Waals surface area contributed by atoms with Crippen LogP contribution < -0.4 is 10.3 Å². The van der Waals surface area contributed by atoms with Gasteiger partial charge in [-0.15, -0.1) is 11.3 Å². The Morgan fingerprint density at radius 1 is 1.14 bits per heavy atom. The van der Waals surface area contributed by atoms with Gasteiger partial charge in [0.05, 0.1) is 12.0 Å². The lowest BCUT2D eigenvalue weighted by molar-refractivity contribution is 0.318. The second-order valence-electron chi connectivity index (χ2n) is 6.57. The van der Waals surface area contributed by atoms with Crippen molar-refractivity contribution in [3.8, 4) is 16.9 Å². The number of benzene rings is 2. The first-order valence-electron chi connectivity index (χ1n) is 9.20. The first-order chi connectivity index (χ1) is 14.1. The van der Waals surface area contributed by atoms with Crippen LogP contribution in [0.15, 0.2) is 63.9 Å². The number of fused-ring (bicyclic) bond motifs is 1. The van der Waals surface area contributed by atoms with Gasteiger partial charge in [0, 0.05) is 21.7 Å². The van der Waals surface area contributed by atoms with Crippen molar-refractivity contribution in [1.29, 1.82) is 0 Å². The zero-order chi connectivity index (χ0) is 20.2. The van der Waals surface area contributed by atoms with E-state index in [0.717, 1.165) is 33.9 Å². The van der Waals surface area contributed by atoms with Gasteiger partial charge in [0.2, 0.25) is 0 Å². The minimum absolute atomic E-state index is 0.0910. The summed E-state index contributed by atoms with van der Waals surface area (Å²) in [6.07, 6.45) is 0.841. The Bertz CT molecular complexity index is 1170. The van der Waals surface area contributed by atoms with Crippen LogP contribution in [0.5, 0.6) is 5.75 Å². The largest absolute Gasteiger partial charge is 0.494 e. The van der Waals surface area contributed by atoms with Gasteiger partial charge in [-0.1, -0.05) is 53.2 Å². The second-order valence-corrected chi connectivity index (χ2v) is 8.95. The number of ether oxygens (including phenoxy) is 1. The SMILES string of the molecule is Cc1ccc(-c2csc3nc(SCCCOc4ccc(Cl)cc4)[nH]c(=O)c23)cc1. The molecule has 0 fully saturated rings. The van der Waals surface area contributed by atoms with Gasteiger partial charge in [0.15, 0.2) is 5.16 Å². The van der Waals surface area contributed by atoms with Gasteiger partial charge >= 0.3 is 0 Å². The zero-order valence-corrected chi connectivity index (χ0v) is 18.2. The lowest BCUT2D eigenvalue weighted by atomic mass is 10.1. The third kappa shape index (κ3) is 4.83. The quantitative estimate of drug-likeness (QED) is 0.211. The number of thiophene rings is 1. The third-order valence-electron chi connectivity index (χ3n) is 4.39. The molecule has 0 spiro atoms. The fourth-order valence-electron chi connectivity index (χ4n) is 2.89. The number of hydrogen-bond acceptors (Lipinski definition) is 5. The van der Waals surface area contributed by atoms with Crippen LogP contribution in [0, 0.1) is 6.92 Å². The summed E-state index contributed by atoms with van der Waals surface area (Å²) in [4.78, 5) is 21.0. The molecule has 1 N–H and O–H groups in total. The summed E-state index contributed by atoms with van der Waals surface area (Å²) in [5, 5.41) is 4.00. The lowest BCUT2D eigenvalue weighted by Crippen LogP contribution is -2.09. The van der Waals surface area contributed by atoms with Crippen molar-refractivity contribution < 1.29 is 4.74 Å². The van der Waals surface area contributed by atoms with Gasteiger partial charge < -0.3 is 9.72 Å². The highest BCUT2D eigenvalue weighted by atomic mass is 35.5. The predicted octanol–water partition coefficient (Wildman–Crippen LogP) is 6.17. The number of halogens is 1. The first-order valence-corrected chi connectivity index (χ1v) is 11.4. The highest BCUT2D eigenvalue weighted by Crippen LogP contribution is 2.31. The van der Waals surface area contributed by atoms with Gasteiger partial charge in [0.25, 0.3) is 5.56 Å². The van der Waals surface area contributed by atoms with E-state index >= 15 is 0 Å². The van der Waals surface area contributed by atoms with Gasteiger partial charge in [-0.3, -0.25) is 4.79 Å². The Morgan fingerprint density at radius 2 is 1.90 bits per heavy atom. The normalized spacial score (nSPS) is 11.1. The number of nitrogens with one attached hydrogen (secondary N) is 1. The number of aryl methyl sites for hydroxylation is 1. The Balaban J connectivity index is 1.39. The monoisotopic (exact) mass is 442 g/mol. The number of nitrogens with zero attached hydrogens (tertiary/aromatic N) is 1. The number of aromatic nitrogens is 2. The van der Waals surface area contributed by atoms with E-state index in [0.29, 0.717) is 22.2 Å². The van der Waals surface area contributed by atoms with E-state index in [1.165, 1.54) is 28.7 Å². The van der Waals surface area contributed by atoms with Crippen molar-refractivity contribution in [2.45, 2.75) is 18.5 Å². The summed E-state index contributed by atoms with van der Waals surface area (Å²) in [5.74, 6) is 1.60. The van der Waals surface area contributed by atoms with Crippen molar-refractivity contribution >= 4 is 44.9 Å². The van der Waals surface area contributed by atoms with Crippen LogP contribution in [0.1, 0.15) is 12.0 Å². The Morgan fingerprint density at radius 3 is 2.66 bits per heavy atom. The average Bonchev–Trinajstić information content (AvgIpc) is 3.14. The summed E-state index contributed by atoms with van der Waals surface area (Å²) < 4.78 is 5.69. The lowest BCUT2D eigenvalue weighted by Gasteiger charge is -2.06. The number of rotatable bonds is 7. The number of H-pyrrole nitrogens is 1. The fraction of sp³-hybridized carbons (Fsp3) is 0.182. The topological polar surface area (TPSA) is 55.0 Å². The molecule has 0 aliphatic rings. The van der Waals surface area contributed by atoms with Crippen LogP contribution in [0.2, 0.25) is 5.02 Å². The van der Waals surface area contributed by atoms with E-state index < -0.39 is 0 Å². The van der Waals surface area contributed by atoms with Crippen molar-refractivity contribution in [3.63, 3.8) is 0 Å². The molecule has 4 aromatic rings. The van der Waals surface area contributed by atoms with Gasteiger partial charge in [0.1, 0.15) is 10.6 Å². The van der Waals surface area contributed by atoms with Gasteiger partial charge in [-0.2, -0.15) is 0 Å². The number of hydrogen-bond donors (Lipinski definition) is 1. The molecule has 0 aliphatic heterocycles. The maximum Gasteiger partial charge on any atom is 0.260 e. The molecule has 0 amide bonds. The molecule has 7 heteroatoms. The second kappa shape index (κ2) is 9.03. The molecule has 0 saturated heterocycles. The van der Waals surface area contributed by atoms with Crippen molar-refractivity contribution in [1.82, 2.24) is 9.97 Å². The molecule has 2 aromatic carbocycles. The van der Waals surface area contributed by atoms with Crippen molar-refractivity contribution in [2.75, 3.05) is 12.4 Å². The highest BCUT2D eigenvalue weighted by molar-refractivity contribution is 7.99. The van der Waals surface area contributed by atoms with Crippen LogP contribution in [0.3, 0.4) is 0 Å². The fourth-order valence-corrected chi connectivity index (χ4v) is 4.80. The number of thioether (sulfide) groups is 1. The van der Waals surface area contributed by atoms with E-state index in [2.05, 4.69) is 22.1 Å². The summed E-state index contributed by atoms with van der Waals surface area (Å²) >= 11 is 8.90. The van der Waals surface area contributed by atoms with Crippen LogP contribution >= 0.6 is 34.7 Å². The van der Waals surface area contributed by atoms with E-state index in [1.54, 1.807) is 12.1 Å². The van der Waals surface area contributed by atoms with Crippen LogP contribution in [0.4, 0.5) is 0 Å². The molecule has 2 aromatic heterocycles. The molecule has 148 valence electrons. The molecule has 0 aliphatic carbocycles. The maximum absolute atomic E-state index is 12.7. The molecular weight excluding hydrogens is 424 g/mol. The van der Waals surface area contributed by atoms with Crippen LogP contribution in [-0.4, -0.2) is 22.3 Å². The van der Waals surface area contributed by atoms with Crippen molar-refractivity contribution in [3.05, 3.63) is 74.9 Å². The van der Waals surface area contributed by atoms with E-state index in [1.807, 2.05) is 36.6 Å².